The largest absolute Gasteiger partial charge is 0.497 e. The van der Waals surface area contributed by atoms with Gasteiger partial charge in [0.05, 0.1) is 33.1 Å². The highest BCUT2D eigenvalue weighted by atomic mass is 16.5. The summed E-state index contributed by atoms with van der Waals surface area (Å²) >= 11 is 0. The zero-order valence-corrected chi connectivity index (χ0v) is 22.6. The number of ether oxygens (including phenoxy) is 2. The van der Waals surface area contributed by atoms with Crippen LogP contribution in [0.2, 0.25) is 0 Å². The first-order chi connectivity index (χ1) is 19.6. The van der Waals surface area contributed by atoms with Crippen molar-refractivity contribution in [1.82, 2.24) is 30.1 Å². The van der Waals surface area contributed by atoms with E-state index in [-0.39, 0.29) is 11.6 Å². The predicted octanol–water partition coefficient (Wildman–Crippen LogP) is 5.03. The van der Waals surface area contributed by atoms with Crippen molar-refractivity contribution in [3.05, 3.63) is 100.0 Å². The van der Waals surface area contributed by atoms with Crippen LogP contribution in [0.15, 0.2) is 76.1 Å². The first-order valence-electron chi connectivity index (χ1n) is 13.5. The highest BCUT2D eigenvalue weighted by molar-refractivity contribution is 5.80. The van der Waals surface area contributed by atoms with Crippen LogP contribution >= 0.6 is 0 Å². The Bertz CT molecular complexity index is 1640. The van der Waals surface area contributed by atoms with Crippen LogP contribution in [0.5, 0.6) is 11.5 Å². The van der Waals surface area contributed by atoms with E-state index in [0.29, 0.717) is 30.2 Å². The van der Waals surface area contributed by atoms with Crippen molar-refractivity contribution in [2.24, 2.45) is 0 Å². The van der Waals surface area contributed by atoms with Crippen LogP contribution in [0.25, 0.3) is 10.9 Å². The maximum Gasteiger partial charge on any atom is 0.253 e. The summed E-state index contributed by atoms with van der Waals surface area (Å²) in [5, 5.41) is 13.9. The van der Waals surface area contributed by atoms with Gasteiger partial charge in [0, 0.05) is 23.0 Å². The van der Waals surface area contributed by atoms with E-state index in [1.165, 1.54) is 0 Å². The Balaban J connectivity index is 1.53. The number of fused-ring (bicyclic) bond motifs is 1. The minimum atomic E-state index is -0.564. The van der Waals surface area contributed by atoms with E-state index >= 15 is 0 Å². The van der Waals surface area contributed by atoms with Crippen molar-refractivity contribution in [3.8, 4) is 11.5 Å². The Morgan fingerprint density at radius 3 is 2.62 bits per heavy atom. The van der Waals surface area contributed by atoms with Gasteiger partial charge in [-0.1, -0.05) is 25.0 Å². The van der Waals surface area contributed by atoms with Gasteiger partial charge in [0.15, 0.2) is 5.82 Å². The van der Waals surface area contributed by atoms with Crippen LogP contribution in [0.4, 0.5) is 0 Å². The summed E-state index contributed by atoms with van der Waals surface area (Å²) in [6.07, 6.45) is 5.93. The Morgan fingerprint density at radius 1 is 1.02 bits per heavy atom. The minimum absolute atomic E-state index is 0.189. The van der Waals surface area contributed by atoms with E-state index in [1.807, 2.05) is 65.3 Å². The number of aromatic nitrogens is 5. The molecule has 2 aromatic carbocycles. The van der Waals surface area contributed by atoms with Crippen molar-refractivity contribution >= 4 is 10.9 Å². The molecule has 0 radical (unpaired) electrons. The Labute approximate surface area is 231 Å². The molecular weight excluding hydrogens is 508 g/mol. The van der Waals surface area contributed by atoms with E-state index in [1.54, 1.807) is 20.5 Å². The molecule has 1 aliphatic rings. The first-order valence-corrected chi connectivity index (χ1v) is 13.5. The minimum Gasteiger partial charge on any atom is -0.497 e. The summed E-state index contributed by atoms with van der Waals surface area (Å²) in [5.41, 5.74) is 2.10. The first kappa shape index (κ1) is 25.8. The van der Waals surface area contributed by atoms with Crippen molar-refractivity contribution in [2.45, 2.75) is 50.9 Å². The molecule has 1 atom stereocenters. The van der Waals surface area contributed by atoms with Gasteiger partial charge >= 0.3 is 0 Å². The molecule has 0 saturated heterocycles. The summed E-state index contributed by atoms with van der Waals surface area (Å²) in [5.74, 6) is 2.88. The number of hydrogen-bond donors (Lipinski definition) is 1. The number of rotatable bonds is 10. The Hall–Kier alpha value is -4.44. The van der Waals surface area contributed by atoms with Crippen LogP contribution in [0.3, 0.4) is 0 Å². The number of tetrazole rings is 1. The summed E-state index contributed by atoms with van der Waals surface area (Å²) in [6.45, 7) is 0.928. The smallest absolute Gasteiger partial charge is 0.253 e. The number of pyridine rings is 1. The Kier molecular flexibility index (Phi) is 7.33. The van der Waals surface area contributed by atoms with E-state index in [0.717, 1.165) is 53.7 Å². The number of methoxy groups -OCH3 is 2. The molecule has 206 valence electrons. The second-order valence-corrected chi connectivity index (χ2v) is 10.2. The fourth-order valence-corrected chi connectivity index (χ4v) is 5.67. The molecule has 1 N–H and O–H groups in total. The number of furan rings is 1. The molecule has 3 heterocycles. The molecular formula is C30H32N6O4. The zero-order chi connectivity index (χ0) is 27.5. The molecule has 10 nitrogen and oxygen atoms in total. The van der Waals surface area contributed by atoms with E-state index in [9.17, 15) is 4.79 Å². The van der Waals surface area contributed by atoms with Crippen LogP contribution in [0.1, 0.15) is 60.5 Å². The third-order valence-corrected chi connectivity index (χ3v) is 7.63. The second-order valence-electron chi connectivity index (χ2n) is 10.2. The Morgan fingerprint density at radius 2 is 1.85 bits per heavy atom. The normalized spacial score (nSPS) is 14.7. The lowest BCUT2D eigenvalue weighted by Crippen LogP contribution is -2.35. The van der Waals surface area contributed by atoms with Crippen molar-refractivity contribution < 1.29 is 13.9 Å². The fraction of sp³-hybridized carbons (Fsp3) is 0.333. The molecule has 1 saturated carbocycles. The number of nitrogens with zero attached hydrogens (tertiary/aromatic N) is 5. The summed E-state index contributed by atoms with van der Waals surface area (Å²) in [7, 11) is 3.28. The number of hydrogen-bond acceptors (Lipinski definition) is 8. The van der Waals surface area contributed by atoms with Gasteiger partial charge in [0.1, 0.15) is 23.3 Å². The van der Waals surface area contributed by atoms with Gasteiger partial charge in [-0.05, 0) is 77.4 Å². The van der Waals surface area contributed by atoms with Crippen molar-refractivity contribution in [1.29, 1.82) is 0 Å². The molecule has 0 spiro atoms. The number of aromatic amines is 1. The van der Waals surface area contributed by atoms with Crippen LogP contribution in [-0.2, 0) is 13.1 Å². The molecule has 6 rings (SSSR count). The molecule has 0 amide bonds. The van der Waals surface area contributed by atoms with Gasteiger partial charge in [0.25, 0.3) is 5.56 Å². The van der Waals surface area contributed by atoms with Gasteiger partial charge in [0.2, 0.25) is 0 Å². The monoisotopic (exact) mass is 540 g/mol. The number of nitrogens with one attached hydrogen (secondary N) is 1. The zero-order valence-electron chi connectivity index (χ0n) is 22.6. The van der Waals surface area contributed by atoms with Crippen molar-refractivity contribution in [3.63, 3.8) is 0 Å². The lowest BCUT2D eigenvalue weighted by Gasteiger charge is -2.31. The maximum absolute atomic E-state index is 13.8. The highest BCUT2D eigenvalue weighted by Crippen LogP contribution is 2.35. The van der Waals surface area contributed by atoms with Crippen LogP contribution in [-0.4, -0.2) is 44.3 Å². The summed E-state index contributed by atoms with van der Waals surface area (Å²) in [6, 6.07) is 18.9. The maximum atomic E-state index is 13.8. The molecule has 0 unspecified atom stereocenters. The topological polar surface area (TPSA) is 111 Å². The quantitative estimate of drug-likeness (QED) is 0.263. The van der Waals surface area contributed by atoms with Gasteiger partial charge in [-0.3, -0.25) is 9.69 Å². The molecule has 40 heavy (non-hydrogen) atoms. The predicted molar refractivity (Wildman–Crippen MR) is 149 cm³/mol. The van der Waals surface area contributed by atoms with Gasteiger partial charge < -0.3 is 18.9 Å². The van der Waals surface area contributed by atoms with Crippen molar-refractivity contribution in [2.75, 3.05) is 14.2 Å². The van der Waals surface area contributed by atoms with Gasteiger partial charge in [-0.2, -0.15) is 0 Å². The van der Waals surface area contributed by atoms with Gasteiger partial charge in [-0.15, -0.1) is 5.10 Å². The number of benzene rings is 2. The highest BCUT2D eigenvalue weighted by Gasteiger charge is 2.34. The van der Waals surface area contributed by atoms with E-state index in [2.05, 4.69) is 25.4 Å². The van der Waals surface area contributed by atoms with E-state index in [4.69, 9.17) is 13.9 Å². The molecule has 3 aromatic heterocycles. The average molecular weight is 541 g/mol. The standard InChI is InChI=1S/C30H32N6O4/c1-38-23-10-5-7-20(15-23)18-35(19-25-11-6-14-40-25)28(29-32-33-34-36(29)22-8-3-4-9-22)26-17-21-16-24(39-2)12-13-27(21)31-30(26)37/h5-7,10-17,22,28H,3-4,8-9,18-19H2,1-2H3,(H,31,37)/t28-/m0/s1. The summed E-state index contributed by atoms with van der Waals surface area (Å²) in [4.78, 5) is 19.0. The number of H-pyrrole nitrogens is 1. The molecule has 0 aliphatic heterocycles. The van der Waals surface area contributed by atoms with E-state index < -0.39 is 6.04 Å². The summed E-state index contributed by atoms with van der Waals surface area (Å²) < 4.78 is 18.7. The molecule has 0 bridgehead atoms. The average Bonchev–Trinajstić information content (AvgIpc) is 3.77. The SMILES string of the molecule is COc1cccc(CN(Cc2ccco2)[C@@H](c2cc3cc(OC)ccc3[nH]c2=O)c2nnnn2C2CCCC2)c1. The molecule has 5 aromatic rings. The molecule has 1 fully saturated rings. The fourth-order valence-electron chi connectivity index (χ4n) is 5.67. The molecule has 10 heteroatoms. The van der Waals surface area contributed by atoms with Crippen LogP contribution < -0.4 is 15.0 Å². The third-order valence-electron chi connectivity index (χ3n) is 7.63. The van der Waals surface area contributed by atoms with Gasteiger partial charge in [-0.25, -0.2) is 4.68 Å². The lowest BCUT2D eigenvalue weighted by atomic mass is 10.0. The second kappa shape index (κ2) is 11.4. The third kappa shape index (κ3) is 5.22. The molecule has 1 aliphatic carbocycles. The van der Waals surface area contributed by atoms with Crippen LogP contribution in [0, 0.1) is 0 Å². The lowest BCUT2D eigenvalue weighted by molar-refractivity contribution is 0.176.